The van der Waals surface area contributed by atoms with Gasteiger partial charge in [0.05, 0.1) is 12.2 Å². The van der Waals surface area contributed by atoms with Crippen LogP contribution in [0.4, 0.5) is 0 Å². The Morgan fingerprint density at radius 1 is 1.12 bits per heavy atom. The van der Waals surface area contributed by atoms with E-state index < -0.39 is 5.60 Å². The van der Waals surface area contributed by atoms with Crippen molar-refractivity contribution in [2.45, 2.75) is 70.8 Å². The van der Waals surface area contributed by atoms with E-state index in [0.717, 1.165) is 31.3 Å². The van der Waals surface area contributed by atoms with Crippen LogP contribution >= 0.6 is 0 Å². The van der Waals surface area contributed by atoms with Crippen LogP contribution in [0.2, 0.25) is 0 Å². The lowest BCUT2D eigenvalue weighted by molar-refractivity contribution is -0.148. The van der Waals surface area contributed by atoms with Crippen molar-refractivity contribution < 1.29 is 15.0 Å². The summed E-state index contributed by atoms with van der Waals surface area (Å²) < 4.78 is 0. The fourth-order valence-electron chi connectivity index (χ4n) is 7.58. The summed E-state index contributed by atoms with van der Waals surface area (Å²) in [6.07, 6.45) is 7.98. The van der Waals surface area contributed by atoms with Gasteiger partial charge in [-0.3, -0.25) is 4.79 Å². The molecule has 4 fully saturated rings. The molecule has 4 aliphatic carbocycles. The standard InChI is InChI=1S/C22H34O3/c1-13(12-23)18-4-5-19-16-10-20(24)17-11-21(2,25)8-6-15(17)14(16)7-9-22(18,19)3/h14-19,23,25H,1,4-12H2,2-3H3/t14-,15-,16-,17+,18-,19+,21-,22-/m1/s1. The minimum atomic E-state index is -0.649. The first-order valence-electron chi connectivity index (χ1n) is 10.3. The number of rotatable bonds is 2. The maximum absolute atomic E-state index is 13.0. The van der Waals surface area contributed by atoms with Crippen LogP contribution < -0.4 is 0 Å². The van der Waals surface area contributed by atoms with Crippen molar-refractivity contribution in [3.8, 4) is 0 Å². The number of hydrogen-bond donors (Lipinski definition) is 2. The Hall–Kier alpha value is -0.670. The van der Waals surface area contributed by atoms with E-state index >= 15 is 0 Å². The van der Waals surface area contributed by atoms with Crippen molar-refractivity contribution in [3.63, 3.8) is 0 Å². The van der Waals surface area contributed by atoms with Crippen LogP contribution in [-0.4, -0.2) is 28.2 Å². The third-order valence-electron chi connectivity index (χ3n) is 8.78. The number of Topliss-reactive ketones (excluding diaryl/α,β-unsaturated/α-hetero) is 1. The average Bonchev–Trinajstić information content (AvgIpc) is 2.91. The Balaban J connectivity index is 1.59. The van der Waals surface area contributed by atoms with Gasteiger partial charge in [-0.25, -0.2) is 0 Å². The van der Waals surface area contributed by atoms with E-state index in [9.17, 15) is 15.0 Å². The van der Waals surface area contributed by atoms with Gasteiger partial charge in [0.1, 0.15) is 5.78 Å². The molecule has 25 heavy (non-hydrogen) atoms. The van der Waals surface area contributed by atoms with Crippen LogP contribution in [0.5, 0.6) is 0 Å². The number of aliphatic hydroxyl groups is 2. The first-order chi connectivity index (χ1) is 11.8. The molecular weight excluding hydrogens is 312 g/mol. The van der Waals surface area contributed by atoms with Crippen molar-refractivity contribution in [3.05, 3.63) is 12.2 Å². The molecule has 0 amide bonds. The lowest BCUT2D eigenvalue weighted by atomic mass is 9.48. The summed E-state index contributed by atoms with van der Waals surface area (Å²) >= 11 is 0. The second kappa shape index (κ2) is 5.92. The number of ketones is 1. The SMILES string of the molecule is C=C(CO)[C@H]1CC[C@H]2[C@@H]3CC(=O)[C@H]4C[C@](C)(O)CC[C@@H]4[C@H]3CC[C@]12C. The molecular formula is C22H34O3. The molecule has 0 heterocycles. The highest BCUT2D eigenvalue weighted by atomic mass is 16.3. The van der Waals surface area contributed by atoms with Crippen LogP contribution in [0, 0.1) is 40.9 Å². The molecule has 0 bridgehead atoms. The molecule has 140 valence electrons. The number of carbonyl (C=O) groups is 1. The molecule has 0 radical (unpaired) electrons. The van der Waals surface area contributed by atoms with Gasteiger partial charge in [-0.1, -0.05) is 13.5 Å². The predicted molar refractivity (Wildman–Crippen MR) is 97.8 cm³/mol. The predicted octanol–water partition coefficient (Wildman–Crippen LogP) is 3.73. The highest BCUT2D eigenvalue weighted by Crippen LogP contribution is 2.65. The fraction of sp³-hybridized carbons (Fsp3) is 0.864. The van der Waals surface area contributed by atoms with E-state index in [2.05, 4.69) is 13.5 Å². The molecule has 0 aliphatic heterocycles. The summed E-state index contributed by atoms with van der Waals surface area (Å²) in [5.41, 5.74) is 0.565. The van der Waals surface area contributed by atoms with Gasteiger partial charge in [0.25, 0.3) is 0 Å². The first kappa shape index (κ1) is 17.7. The van der Waals surface area contributed by atoms with E-state index in [-0.39, 0.29) is 17.9 Å². The van der Waals surface area contributed by atoms with Gasteiger partial charge in [0.2, 0.25) is 0 Å². The molecule has 4 aliphatic rings. The third kappa shape index (κ3) is 2.65. The molecule has 2 N–H and O–H groups in total. The van der Waals surface area contributed by atoms with Gasteiger partial charge in [-0.2, -0.15) is 0 Å². The molecule has 8 atom stereocenters. The lowest BCUT2D eigenvalue weighted by Gasteiger charge is -2.56. The first-order valence-corrected chi connectivity index (χ1v) is 10.3. The van der Waals surface area contributed by atoms with Crippen LogP contribution in [0.25, 0.3) is 0 Å². The molecule has 0 aromatic rings. The normalized spacial score (nSPS) is 52.2. The summed E-state index contributed by atoms with van der Waals surface area (Å²) in [6, 6.07) is 0. The average molecular weight is 347 g/mol. The zero-order chi connectivity index (χ0) is 18.0. The molecule has 3 heteroatoms. The monoisotopic (exact) mass is 346 g/mol. The van der Waals surface area contributed by atoms with E-state index in [4.69, 9.17) is 0 Å². The third-order valence-corrected chi connectivity index (χ3v) is 8.78. The maximum Gasteiger partial charge on any atom is 0.136 e. The minimum absolute atomic E-state index is 0.0963. The number of carbonyl (C=O) groups excluding carboxylic acids is 1. The molecule has 0 aromatic heterocycles. The summed E-state index contributed by atoms with van der Waals surface area (Å²) in [6.45, 7) is 8.55. The Morgan fingerprint density at radius 3 is 2.56 bits per heavy atom. The van der Waals surface area contributed by atoms with Crippen LogP contribution in [0.1, 0.15) is 65.2 Å². The van der Waals surface area contributed by atoms with Crippen LogP contribution in [0.15, 0.2) is 12.2 Å². The molecule has 3 nitrogen and oxygen atoms in total. The highest BCUT2D eigenvalue weighted by Gasteiger charge is 2.59. The van der Waals surface area contributed by atoms with E-state index in [1.165, 1.54) is 19.3 Å². The highest BCUT2D eigenvalue weighted by molar-refractivity contribution is 5.83. The molecule has 0 saturated heterocycles. The van der Waals surface area contributed by atoms with E-state index in [1.807, 2.05) is 6.92 Å². The van der Waals surface area contributed by atoms with Crippen LogP contribution in [0.3, 0.4) is 0 Å². The Labute approximate surface area is 151 Å². The lowest BCUT2D eigenvalue weighted by Crippen LogP contribution is -2.53. The Kier molecular flexibility index (Phi) is 4.20. The second-order valence-electron chi connectivity index (χ2n) is 10.1. The van der Waals surface area contributed by atoms with Gasteiger partial charge in [-0.15, -0.1) is 0 Å². The molecule has 0 spiro atoms. The fourth-order valence-corrected chi connectivity index (χ4v) is 7.58. The van der Waals surface area contributed by atoms with E-state index in [0.29, 0.717) is 41.8 Å². The van der Waals surface area contributed by atoms with Gasteiger partial charge in [0.15, 0.2) is 0 Å². The van der Waals surface area contributed by atoms with E-state index in [1.54, 1.807) is 0 Å². The summed E-state index contributed by atoms with van der Waals surface area (Å²) in [5.74, 6) is 3.22. The van der Waals surface area contributed by atoms with Crippen molar-refractivity contribution in [2.75, 3.05) is 6.61 Å². The Bertz CT molecular complexity index is 580. The van der Waals surface area contributed by atoms with Gasteiger partial charge < -0.3 is 10.2 Å². The quantitative estimate of drug-likeness (QED) is 0.749. The molecule has 0 unspecified atom stereocenters. The second-order valence-corrected chi connectivity index (χ2v) is 10.1. The van der Waals surface area contributed by atoms with Gasteiger partial charge in [0, 0.05) is 12.3 Å². The smallest absolute Gasteiger partial charge is 0.136 e. The topological polar surface area (TPSA) is 57.5 Å². The number of aliphatic hydroxyl groups excluding tert-OH is 1. The Morgan fingerprint density at radius 2 is 1.84 bits per heavy atom. The van der Waals surface area contributed by atoms with Gasteiger partial charge >= 0.3 is 0 Å². The zero-order valence-corrected chi connectivity index (χ0v) is 15.8. The van der Waals surface area contributed by atoms with Crippen molar-refractivity contribution in [2.24, 2.45) is 40.9 Å². The molecule has 4 rings (SSSR count). The van der Waals surface area contributed by atoms with Crippen LogP contribution in [-0.2, 0) is 4.79 Å². The molecule has 4 saturated carbocycles. The summed E-state index contributed by atoms with van der Waals surface area (Å²) in [5, 5.41) is 20.1. The number of fused-ring (bicyclic) bond motifs is 5. The maximum atomic E-state index is 13.0. The zero-order valence-electron chi connectivity index (χ0n) is 15.8. The van der Waals surface area contributed by atoms with Crippen molar-refractivity contribution in [1.82, 2.24) is 0 Å². The number of hydrogen-bond acceptors (Lipinski definition) is 3. The van der Waals surface area contributed by atoms with Gasteiger partial charge in [-0.05, 0) is 92.4 Å². The summed E-state index contributed by atoms with van der Waals surface area (Å²) in [4.78, 5) is 13.0. The molecule has 0 aromatic carbocycles. The largest absolute Gasteiger partial charge is 0.392 e. The van der Waals surface area contributed by atoms with Crippen molar-refractivity contribution >= 4 is 5.78 Å². The minimum Gasteiger partial charge on any atom is -0.392 e. The summed E-state index contributed by atoms with van der Waals surface area (Å²) in [7, 11) is 0. The van der Waals surface area contributed by atoms with Crippen molar-refractivity contribution in [1.29, 1.82) is 0 Å².